The van der Waals surface area contributed by atoms with Gasteiger partial charge in [-0.25, -0.2) is 8.78 Å². The van der Waals surface area contributed by atoms with Gasteiger partial charge in [0.15, 0.2) is 0 Å². The number of hydrogen-bond acceptors (Lipinski definition) is 3. The number of pyridine rings is 1. The van der Waals surface area contributed by atoms with E-state index in [9.17, 15) is 0 Å². The minimum Gasteiger partial charge on any atom is -0.350 e. The average molecular weight is 1050 g/mol. The quantitative estimate of drug-likeness (QED) is 0.161. The van der Waals surface area contributed by atoms with Crippen molar-refractivity contribution in [2.24, 2.45) is 0 Å². The Labute approximate surface area is 396 Å². The molecule has 0 unspecified atom stereocenters. The maximum atomic E-state index is 16.7. The second-order valence-electron chi connectivity index (χ2n) is 15.8. The van der Waals surface area contributed by atoms with E-state index in [4.69, 9.17) is 4.98 Å². The molecule has 0 atom stereocenters. The van der Waals surface area contributed by atoms with Gasteiger partial charge in [-0.15, -0.1) is 48.0 Å². The van der Waals surface area contributed by atoms with Crippen LogP contribution in [0, 0.1) is 23.8 Å². The first-order chi connectivity index (χ1) is 32.1. The van der Waals surface area contributed by atoms with Crippen LogP contribution in [0.3, 0.4) is 0 Å². The fourth-order valence-electron chi connectivity index (χ4n) is 9.15. The van der Waals surface area contributed by atoms with Crippen molar-refractivity contribution in [1.82, 2.24) is 19.1 Å². The smallest absolute Gasteiger partial charge is 0.150 e. The molecule has 4 aromatic heterocycles. The molecule has 9 aromatic carbocycles. The zero-order valence-corrected chi connectivity index (χ0v) is 38.1. The third-order valence-electron chi connectivity index (χ3n) is 12.0. The van der Waals surface area contributed by atoms with E-state index in [0.29, 0.717) is 28.0 Å². The van der Waals surface area contributed by atoms with E-state index in [-0.39, 0.29) is 25.8 Å². The molecule has 0 saturated heterocycles. The molecule has 0 fully saturated rings. The van der Waals surface area contributed by atoms with Gasteiger partial charge in [0.1, 0.15) is 17.3 Å². The molecule has 13 aromatic rings. The predicted octanol–water partition coefficient (Wildman–Crippen LogP) is 15.6. The van der Waals surface area contributed by atoms with Crippen molar-refractivity contribution in [3.8, 4) is 45.1 Å². The summed E-state index contributed by atoms with van der Waals surface area (Å²) in [4.78, 5) is 9.40. The van der Waals surface area contributed by atoms with E-state index >= 15 is 8.78 Å². The molecule has 0 aliphatic carbocycles. The summed E-state index contributed by atoms with van der Waals surface area (Å²) in [5.41, 5.74) is 8.15. The Hall–Kier alpha value is -7.61. The van der Waals surface area contributed by atoms with E-state index < -0.39 is 11.6 Å². The van der Waals surface area contributed by atoms with Crippen molar-refractivity contribution in [3.63, 3.8) is 0 Å². The second-order valence-corrected chi connectivity index (χ2v) is 16.8. The largest absolute Gasteiger partial charge is 0.350 e. The maximum Gasteiger partial charge on any atom is 0.150 e. The summed E-state index contributed by atoms with van der Waals surface area (Å²) in [6.45, 7) is 0. The van der Waals surface area contributed by atoms with Crippen LogP contribution in [0.2, 0.25) is 0 Å². The number of para-hydroxylation sites is 2. The van der Waals surface area contributed by atoms with Gasteiger partial charge in [-0.2, -0.15) is 11.3 Å². The standard InChI is InChI=1S/C47H26F2N3S.C11H8N.Ir/c48-36-26-30(28-12-2-1-3-13-28)27-37(49)45(36)52-44-31-15-5-4-14-29(31)22-24-38(44)50-47(52)35-23-25-41(43-34-18-8-11-21-42(34)53-46(35)43)51-39-19-9-6-16-32(39)33-17-7-10-20-40(33)51;1-2-6-10(7-3-1)11-8-4-5-9-12-11;/h1-22,24-27H;1-6,8-9H;/q2*-1;. The summed E-state index contributed by atoms with van der Waals surface area (Å²) in [6.07, 6.45) is 1.79. The van der Waals surface area contributed by atoms with Crippen LogP contribution in [0.15, 0.2) is 206 Å². The molecule has 13 rings (SSSR count). The SMILES string of the molecule is Fc1cc(-c2ccccc2)cc(F)c1-n1c(-c2[c-]cc(-n3c4ccccc4c4ccccc43)c3c2sc2ccccc23)nc2ccc3ccccc3c21.[Ir].[c-]1ccccc1-c1ccccn1. The number of fused-ring (bicyclic) bond motifs is 9. The van der Waals surface area contributed by atoms with Crippen LogP contribution in [0.4, 0.5) is 8.78 Å². The van der Waals surface area contributed by atoms with Crippen molar-refractivity contribution in [2.45, 2.75) is 0 Å². The van der Waals surface area contributed by atoms with Crippen molar-refractivity contribution in [2.75, 3.05) is 0 Å². The van der Waals surface area contributed by atoms with Gasteiger partial charge in [-0.1, -0.05) is 138 Å². The van der Waals surface area contributed by atoms with Crippen LogP contribution in [0.25, 0.3) is 109 Å². The van der Waals surface area contributed by atoms with Crippen LogP contribution in [-0.4, -0.2) is 19.1 Å². The van der Waals surface area contributed by atoms with Gasteiger partial charge in [-0.3, -0.25) is 4.98 Å². The van der Waals surface area contributed by atoms with Crippen molar-refractivity contribution in [3.05, 3.63) is 230 Å². The van der Waals surface area contributed by atoms with Crippen molar-refractivity contribution >= 4 is 75.1 Å². The van der Waals surface area contributed by atoms with E-state index in [2.05, 4.69) is 88.4 Å². The molecule has 0 bridgehead atoms. The molecular formula is C58H34F2IrN4S-2. The minimum absolute atomic E-state index is 0. The molecule has 0 saturated carbocycles. The van der Waals surface area contributed by atoms with Gasteiger partial charge in [0.05, 0.1) is 16.9 Å². The van der Waals surface area contributed by atoms with E-state index in [1.807, 2.05) is 121 Å². The summed E-state index contributed by atoms with van der Waals surface area (Å²) in [5, 5.41) is 6.26. The van der Waals surface area contributed by atoms with Crippen molar-refractivity contribution < 1.29 is 28.9 Å². The van der Waals surface area contributed by atoms with Crippen LogP contribution in [0.1, 0.15) is 0 Å². The molecule has 4 nitrogen and oxygen atoms in total. The number of thiophene rings is 1. The molecular weight excluding hydrogens is 1010 g/mol. The van der Waals surface area contributed by atoms with E-state index in [1.54, 1.807) is 22.1 Å². The van der Waals surface area contributed by atoms with E-state index in [1.165, 1.54) is 22.9 Å². The minimum atomic E-state index is -0.674. The zero-order chi connectivity index (χ0) is 43.4. The molecule has 317 valence electrons. The van der Waals surface area contributed by atoms with Gasteiger partial charge in [0, 0.05) is 58.2 Å². The number of halogens is 2. The monoisotopic (exact) mass is 1050 g/mol. The van der Waals surface area contributed by atoms with Crippen LogP contribution in [-0.2, 0) is 20.1 Å². The molecule has 0 aliphatic rings. The van der Waals surface area contributed by atoms with Gasteiger partial charge in [0.2, 0.25) is 0 Å². The van der Waals surface area contributed by atoms with Gasteiger partial charge in [-0.05, 0) is 80.4 Å². The fraction of sp³-hybridized carbons (Fsp3) is 0. The maximum absolute atomic E-state index is 16.7. The number of benzene rings is 9. The van der Waals surface area contributed by atoms with Crippen LogP contribution < -0.4 is 0 Å². The fourth-order valence-corrected chi connectivity index (χ4v) is 10.4. The number of hydrogen-bond donors (Lipinski definition) is 0. The summed E-state index contributed by atoms with van der Waals surface area (Å²) in [5.74, 6) is -0.925. The van der Waals surface area contributed by atoms with Gasteiger partial charge in [0.25, 0.3) is 0 Å². The molecule has 8 heteroatoms. The number of rotatable bonds is 5. The van der Waals surface area contributed by atoms with Crippen LogP contribution in [0.5, 0.6) is 0 Å². The number of imidazole rings is 1. The topological polar surface area (TPSA) is 35.6 Å². The van der Waals surface area contributed by atoms with Gasteiger partial charge >= 0.3 is 0 Å². The molecule has 0 N–H and O–H groups in total. The first-order valence-electron chi connectivity index (χ1n) is 21.3. The van der Waals surface area contributed by atoms with Crippen LogP contribution >= 0.6 is 11.3 Å². The Morgan fingerprint density at radius 2 is 1.20 bits per heavy atom. The normalized spacial score (nSPS) is 11.4. The molecule has 66 heavy (non-hydrogen) atoms. The Bertz CT molecular complexity index is 3810. The Kier molecular flexibility index (Phi) is 10.6. The third kappa shape index (κ3) is 6.90. The van der Waals surface area contributed by atoms with Crippen molar-refractivity contribution in [1.29, 1.82) is 0 Å². The number of aromatic nitrogens is 4. The first-order valence-corrected chi connectivity index (χ1v) is 22.1. The Balaban J connectivity index is 0.000000322. The first kappa shape index (κ1) is 41.1. The second kappa shape index (κ2) is 17.1. The summed E-state index contributed by atoms with van der Waals surface area (Å²) >= 11 is 1.65. The summed E-state index contributed by atoms with van der Waals surface area (Å²) in [7, 11) is 0. The van der Waals surface area contributed by atoms with Gasteiger partial charge < -0.3 is 14.1 Å². The average Bonchev–Trinajstić information content (AvgIpc) is 4.05. The number of nitrogens with zero attached hydrogens (tertiary/aromatic N) is 4. The summed E-state index contributed by atoms with van der Waals surface area (Å²) < 4.78 is 39.4. The summed E-state index contributed by atoms with van der Waals surface area (Å²) in [6, 6.07) is 71.7. The Morgan fingerprint density at radius 3 is 1.91 bits per heavy atom. The molecule has 1 radical (unpaired) electrons. The zero-order valence-electron chi connectivity index (χ0n) is 34.9. The molecule has 0 spiro atoms. The molecule has 0 amide bonds. The molecule has 4 heterocycles. The predicted molar refractivity (Wildman–Crippen MR) is 264 cm³/mol. The Morgan fingerprint density at radius 1 is 0.545 bits per heavy atom. The van der Waals surface area contributed by atoms with E-state index in [0.717, 1.165) is 64.5 Å². The third-order valence-corrected chi connectivity index (χ3v) is 13.2. The molecule has 0 aliphatic heterocycles.